The standard InChI is InChI=1S/C16H25N3O5.ClH/c1-10(2)12(17)6-7-18(3)16(20)11-8-14(23-4)15(24-5)9-13(11)19(21)22;/h8-10,12H,6-7,17H2,1-5H3;1H. The molecule has 0 saturated carbocycles. The zero-order chi connectivity index (χ0) is 18.4. The van der Waals surface area contributed by atoms with Crippen LogP contribution in [0.15, 0.2) is 12.1 Å². The molecule has 0 aliphatic heterocycles. The third-order valence-corrected chi connectivity index (χ3v) is 3.93. The lowest BCUT2D eigenvalue weighted by Gasteiger charge is -2.22. The second kappa shape index (κ2) is 10.0. The Morgan fingerprint density at radius 3 is 2.24 bits per heavy atom. The van der Waals surface area contributed by atoms with Gasteiger partial charge in [-0.1, -0.05) is 13.8 Å². The van der Waals surface area contributed by atoms with Gasteiger partial charge in [0.2, 0.25) is 0 Å². The Labute approximate surface area is 153 Å². The normalized spacial score (nSPS) is 11.5. The highest BCUT2D eigenvalue weighted by Crippen LogP contribution is 2.35. The second-order valence-electron chi connectivity index (χ2n) is 5.90. The lowest BCUT2D eigenvalue weighted by atomic mass is 10.0. The van der Waals surface area contributed by atoms with Crippen molar-refractivity contribution in [3.8, 4) is 11.5 Å². The molecule has 1 aromatic carbocycles. The molecule has 142 valence electrons. The second-order valence-corrected chi connectivity index (χ2v) is 5.90. The third-order valence-electron chi connectivity index (χ3n) is 3.93. The topological polar surface area (TPSA) is 108 Å². The summed E-state index contributed by atoms with van der Waals surface area (Å²) in [6.07, 6.45) is 0.612. The van der Waals surface area contributed by atoms with Gasteiger partial charge in [-0.2, -0.15) is 0 Å². The minimum atomic E-state index is -0.608. The summed E-state index contributed by atoms with van der Waals surface area (Å²) in [5, 5.41) is 11.3. The van der Waals surface area contributed by atoms with E-state index in [1.165, 1.54) is 31.3 Å². The van der Waals surface area contributed by atoms with Gasteiger partial charge in [0.05, 0.1) is 25.2 Å². The van der Waals surface area contributed by atoms with Crippen molar-refractivity contribution in [1.82, 2.24) is 4.90 Å². The molecule has 1 unspecified atom stereocenters. The number of hydrogen-bond donors (Lipinski definition) is 1. The van der Waals surface area contributed by atoms with E-state index in [0.29, 0.717) is 18.9 Å². The number of rotatable bonds is 8. The van der Waals surface area contributed by atoms with Gasteiger partial charge in [0.25, 0.3) is 11.6 Å². The highest BCUT2D eigenvalue weighted by molar-refractivity contribution is 5.99. The Balaban J connectivity index is 0.00000576. The molecular weight excluding hydrogens is 350 g/mol. The fourth-order valence-corrected chi connectivity index (χ4v) is 2.17. The van der Waals surface area contributed by atoms with Crippen LogP contribution in [0, 0.1) is 16.0 Å². The maximum Gasteiger partial charge on any atom is 0.286 e. The monoisotopic (exact) mass is 375 g/mol. The van der Waals surface area contributed by atoms with E-state index in [1.807, 2.05) is 13.8 Å². The minimum Gasteiger partial charge on any atom is -0.493 e. The summed E-state index contributed by atoms with van der Waals surface area (Å²) in [4.78, 5) is 24.7. The van der Waals surface area contributed by atoms with E-state index in [9.17, 15) is 14.9 Å². The fraction of sp³-hybridized carbons (Fsp3) is 0.562. The van der Waals surface area contributed by atoms with Gasteiger partial charge < -0.3 is 20.1 Å². The van der Waals surface area contributed by atoms with Gasteiger partial charge in [0, 0.05) is 25.7 Å². The van der Waals surface area contributed by atoms with Crippen molar-refractivity contribution < 1.29 is 19.2 Å². The molecule has 0 aliphatic rings. The van der Waals surface area contributed by atoms with Crippen LogP contribution in [0.1, 0.15) is 30.6 Å². The minimum absolute atomic E-state index is 0. The van der Waals surface area contributed by atoms with Crippen molar-refractivity contribution in [3.05, 3.63) is 27.8 Å². The average molecular weight is 376 g/mol. The zero-order valence-electron chi connectivity index (χ0n) is 15.1. The summed E-state index contributed by atoms with van der Waals surface area (Å²) in [5.41, 5.74) is 5.62. The molecule has 9 heteroatoms. The number of nitrogens with zero attached hydrogens (tertiary/aromatic N) is 2. The Kier molecular flexibility index (Phi) is 9.22. The number of nitro benzene ring substituents is 1. The molecule has 0 bridgehead atoms. The number of methoxy groups -OCH3 is 2. The first-order chi connectivity index (χ1) is 11.2. The number of carbonyl (C=O) groups excluding carboxylic acids is 1. The van der Waals surface area contributed by atoms with Crippen LogP contribution in [0.5, 0.6) is 11.5 Å². The van der Waals surface area contributed by atoms with E-state index in [2.05, 4.69) is 0 Å². The van der Waals surface area contributed by atoms with Crippen LogP contribution in [-0.2, 0) is 0 Å². The summed E-state index contributed by atoms with van der Waals surface area (Å²) >= 11 is 0. The third kappa shape index (κ3) is 5.75. The maximum atomic E-state index is 12.6. The van der Waals surface area contributed by atoms with Crippen molar-refractivity contribution in [1.29, 1.82) is 0 Å². The molecule has 1 atom stereocenters. The Morgan fingerprint density at radius 2 is 1.80 bits per heavy atom. The number of ether oxygens (including phenoxy) is 2. The highest BCUT2D eigenvalue weighted by Gasteiger charge is 2.26. The van der Waals surface area contributed by atoms with E-state index in [0.717, 1.165) is 0 Å². The Bertz CT molecular complexity index is 610. The number of nitro groups is 1. The van der Waals surface area contributed by atoms with Crippen molar-refractivity contribution >= 4 is 24.0 Å². The summed E-state index contributed by atoms with van der Waals surface area (Å²) < 4.78 is 10.2. The molecule has 1 rings (SSSR count). The molecule has 0 spiro atoms. The quantitative estimate of drug-likeness (QED) is 0.552. The first-order valence-corrected chi connectivity index (χ1v) is 7.64. The number of nitrogens with two attached hydrogens (primary N) is 1. The van der Waals surface area contributed by atoms with E-state index >= 15 is 0 Å². The number of amides is 1. The molecule has 1 amide bonds. The van der Waals surface area contributed by atoms with E-state index < -0.39 is 10.8 Å². The van der Waals surface area contributed by atoms with E-state index in [1.54, 1.807) is 7.05 Å². The first-order valence-electron chi connectivity index (χ1n) is 7.64. The number of halogens is 1. The van der Waals surface area contributed by atoms with Gasteiger partial charge >= 0.3 is 0 Å². The van der Waals surface area contributed by atoms with Gasteiger partial charge in [0.15, 0.2) is 11.5 Å². The SMILES string of the molecule is COc1cc(C(=O)N(C)CCC(N)C(C)C)c([N+](=O)[O-])cc1OC.Cl. The van der Waals surface area contributed by atoms with Gasteiger partial charge in [0.1, 0.15) is 5.56 Å². The fourth-order valence-electron chi connectivity index (χ4n) is 2.17. The van der Waals surface area contributed by atoms with Crippen LogP contribution in [0.3, 0.4) is 0 Å². The van der Waals surface area contributed by atoms with Crippen LogP contribution in [-0.4, -0.2) is 49.6 Å². The smallest absolute Gasteiger partial charge is 0.286 e. The van der Waals surface area contributed by atoms with Crippen LogP contribution in [0.25, 0.3) is 0 Å². The van der Waals surface area contributed by atoms with Crippen molar-refractivity contribution in [2.75, 3.05) is 27.8 Å². The molecule has 8 nitrogen and oxygen atoms in total. The van der Waals surface area contributed by atoms with Gasteiger partial charge in [-0.05, 0) is 12.3 Å². The summed E-state index contributed by atoms with van der Waals surface area (Å²) in [6, 6.07) is 2.48. The molecule has 25 heavy (non-hydrogen) atoms. The number of benzene rings is 1. The molecule has 2 N–H and O–H groups in total. The molecule has 0 aromatic heterocycles. The van der Waals surface area contributed by atoms with Crippen LogP contribution in [0.4, 0.5) is 5.69 Å². The summed E-state index contributed by atoms with van der Waals surface area (Å²) in [5.74, 6) is 0.298. The molecular formula is C16H26ClN3O5. The average Bonchev–Trinajstić information content (AvgIpc) is 2.56. The predicted octanol–water partition coefficient (Wildman–Crippen LogP) is 2.48. The van der Waals surface area contributed by atoms with Gasteiger partial charge in [-0.25, -0.2) is 0 Å². The molecule has 0 saturated heterocycles. The Hall–Kier alpha value is -2.06. The van der Waals surface area contributed by atoms with E-state index in [4.69, 9.17) is 15.2 Å². The molecule has 0 fully saturated rings. The van der Waals surface area contributed by atoms with Gasteiger partial charge in [-0.15, -0.1) is 12.4 Å². The summed E-state index contributed by atoms with van der Waals surface area (Å²) in [7, 11) is 4.38. The molecule has 1 aromatic rings. The lowest BCUT2D eigenvalue weighted by Crippen LogP contribution is -2.34. The largest absolute Gasteiger partial charge is 0.493 e. The maximum absolute atomic E-state index is 12.6. The Morgan fingerprint density at radius 1 is 1.28 bits per heavy atom. The predicted molar refractivity (Wildman–Crippen MR) is 97.8 cm³/mol. The lowest BCUT2D eigenvalue weighted by molar-refractivity contribution is -0.385. The van der Waals surface area contributed by atoms with Crippen LogP contribution in [0.2, 0.25) is 0 Å². The van der Waals surface area contributed by atoms with Crippen LogP contribution >= 0.6 is 12.4 Å². The molecule has 0 radical (unpaired) electrons. The number of carbonyl (C=O) groups is 1. The van der Waals surface area contributed by atoms with E-state index in [-0.39, 0.29) is 41.2 Å². The molecule has 0 heterocycles. The molecule has 0 aliphatic carbocycles. The first kappa shape index (κ1) is 22.9. The van der Waals surface area contributed by atoms with Crippen molar-refractivity contribution in [3.63, 3.8) is 0 Å². The van der Waals surface area contributed by atoms with Crippen molar-refractivity contribution in [2.45, 2.75) is 26.3 Å². The highest BCUT2D eigenvalue weighted by atomic mass is 35.5. The zero-order valence-corrected chi connectivity index (χ0v) is 16.0. The summed E-state index contributed by atoms with van der Waals surface area (Å²) in [6.45, 7) is 4.42. The van der Waals surface area contributed by atoms with Gasteiger partial charge in [-0.3, -0.25) is 14.9 Å². The van der Waals surface area contributed by atoms with Crippen molar-refractivity contribution in [2.24, 2.45) is 11.7 Å². The number of hydrogen-bond acceptors (Lipinski definition) is 6. The van der Waals surface area contributed by atoms with Crippen LogP contribution < -0.4 is 15.2 Å².